The Kier molecular flexibility index (Phi) is 3.51. The molecule has 128 valence electrons. The fraction of sp³-hybridized carbons (Fsp3) is 0.0500. The molecule has 0 saturated heterocycles. The summed E-state index contributed by atoms with van der Waals surface area (Å²) >= 11 is 0. The number of benzene rings is 2. The van der Waals surface area contributed by atoms with Gasteiger partial charge in [0.15, 0.2) is 17.3 Å². The van der Waals surface area contributed by atoms with Gasteiger partial charge in [0.25, 0.3) is 0 Å². The predicted octanol–water partition coefficient (Wildman–Crippen LogP) is 4.36. The van der Waals surface area contributed by atoms with Gasteiger partial charge in [-0.15, -0.1) is 0 Å². The zero-order valence-electron chi connectivity index (χ0n) is 13.3. The van der Waals surface area contributed by atoms with Crippen LogP contribution in [0.15, 0.2) is 47.1 Å². The molecule has 0 amide bonds. The van der Waals surface area contributed by atoms with Gasteiger partial charge in [0, 0.05) is 23.6 Å². The Morgan fingerprint density at radius 3 is 2.58 bits per heavy atom. The SMILES string of the molecule is N#Cc1ccoc1C1=C(c2ccc(O)c(F)c2)Cc2c(F)cc(O)cc21. The lowest BCUT2D eigenvalue weighted by atomic mass is 9.96. The molecule has 0 fully saturated rings. The molecule has 26 heavy (non-hydrogen) atoms. The van der Waals surface area contributed by atoms with E-state index in [-0.39, 0.29) is 23.5 Å². The van der Waals surface area contributed by atoms with Crippen LogP contribution in [0.4, 0.5) is 8.78 Å². The van der Waals surface area contributed by atoms with Crippen molar-refractivity contribution < 1.29 is 23.4 Å². The first-order valence-electron chi connectivity index (χ1n) is 7.71. The summed E-state index contributed by atoms with van der Waals surface area (Å²) in [5.41, 5.74) is 2.33. The van der Waals surface area contributed by atoms with Gasteiger partial charge in [-0.2, -0.15) is 5.26 Å². The molecule has 0 aliphatic heterocycles. The quantitative estimate of drug-likeness (QED) is 0.719. The highest BCUT2D eigenvalue weighted by molar-refractivity contribution is 6.03. The van der Waals surface area contributed by atoms with Crippen LogP contribution in [-0.2, 0) is 6.42 Å². The van der Waals surface area contributed by atoms with Gasteiger partial charge in [-0.25, -0.2) is 8.78 Å². The second-order valence-electron chi connectivity index (χ2n) is 5.93. The maximum absolute atomic E-state index is 14.4. The van der Waals surface area contributed by atoms with E-state index in [1.54, 1.807) is 0 Å². The van der Waals surface area contributed by atoms with E-state index in [1.165, 1.54) is 30.5 Å². The number of nitrogens with zero attached hydrogens (tertiary/aromatic N) is 1. The molecule has 0 radical (unpaired) electrons. The Hall–Kier alpha value is -3.59. The van der Waals surface area contributed by atoms with E-state index >= 15 is 0 Å². The molecule has 2 aromatic carbocycles. The van der Waals surface area contributed by atoms with E-state index in [0.717, 1.165) is 12.1 Å². The minimum Gasteiger partial charge on any atom is -0.508 e. The van der Waals surface area contributed by atoms with Crippen LogP contribution in [0.25, 0.3) is 11.1 Å². The van der Waals surface area contributed by atoms with Crippen molar-refractivity contribution in [3.8, 4) is 17.6 Å². The molecule has 2 N–H and O–H groups in total. The first-order valence-corrected chi connectivity index (χ1v) is 7.71. The number of phenolic OH excluding ortho intramolecular Hbond substituents is 2. The molecule has 0 bridgehead atoms. The van der Waals surface area contributed by atoms with Gasteiger partial charge in [-0.3, -0.25) is 0 Å². The van der Waals surface area contributed by atoms with E-state index in [0.29, 0.717) is 27.8 Å². The van der Waals surface area contributed by atoms with E-state index in [4.69, 9.17) is 4.42 Å². The third kappa shape index (κ3) is 2.33. The third-order valence-electron chi connectivity index (χ3n) is 4.41. The lowest BCUT2D eigenvalue weighted by Crippen LogP contribution is -1.91. The maximum Gasteiger partial charge on any atom is 0.165 e. The molecule has 6 heteroatoms. The normalized spacial score (nSPS) is 13.0. The molecule has 4 rings (SSSR count). The van der Waals surface area contributed by atoms with Gasteiger partial charge in [-0.1, -0.05) is 6.07 Å². The summed E-state index contributed by atoms with van der Waals surface area (Å²) in [5, 5.41) is 28.5. The van der Waals surface area contributed by atoms with Gasteiger partial charge in [0.2, 0.25) is 0 Å². The maximum atomic E-state index is 14.4. The number of allylic oxidation sites excluding steroid dienone is 1. The minimum atomic E-state index is -0.812. The lowest BCUT2D eigenvalue weighted by Gasteiger charge is -2.08. The Morgan fingerprint density at radius 1 is 1.04 bits per heavy atom. The summed E-state index contributed by atoms with van der Waals surface area (Å²) in [4.78, 5) is 0. The Morgan fingerprint density at radius 2 is 1.85 bits per heavy atom. The molecular weight excluding hydrogens is 340 g/mol. The number of aromatic hydroxyl groups is 2. The smallest absolute Gasteiger partial charge is 0.165 e. The molecule has 1 aromatic heterocycles. The second kappa shape index (κ2) is 5.74. The Labute approximate surface area is 146 Å². The fourth-order valence-electron chi connectivity index (χ4n) is 3.24. The molecule has 0 unspecified atom stereocenters. The number of hydrogen-bond donors (Lipinski definition) is 2. The summed E-state index contributed by atoms with van der Waals surface area (Å²) in [6.07, 6.45) is 1.47. The lowest BCUT2D eigenvalue weighted by molar-refractivity contribution is 0.432. The minimum absolute atomic E-state index is 0.132. The monoisotopic (exact) mass is 351 g/mol. The van der Waals surface area contributed by atoms with Gasteiger partial charge < -0.3 is 14.6 Å². The zero-order valence-corrected chi connectivity index (χ0v) is 13.3. The molecule has 1 heterocycles. The van der Waals surface area contributed by atoms with E-state index in [1.807, 2.05) is 6.07 Å². The first kappa shape index (κ1) is 15.9. The standard InChI is InChI=1S/C20H11F2NO3/c21-16-7-12(24)6-15-14(16)8-13(10-1-2-18(25)17(22)5-10)19(15)20-11(9-23)3-4-26-20/h1-7,24-25H,8H2. The molecule has 3 aromatic rings. The molecule has 0 spiro atoms. The average Bonchev–Trinajstić information content (AvgIpc) is 3.21. The number of furan rings is 1. The van der Waals surface area contributed by atoms with E-state index in [2.05, 4.69) is 0 Å². The molecule has 0 atom stereocenters. The largest absolute Gasteiger partial charge is 0.508 e. The predicted molar refractivity (Wildman–Crippen MR) is 89.2 cm³/mol. The zero-order chi connectivity index (χ0) is 18.4. The molecule has 1 aliphatic carbocycles. The van der Waals surface area contributed by atoms with Crippen molar-refractivity contribution >= 4 is 11.1 Å². The third-order valence-corrected chi connectivity index (χ3v) is 4.41. The summed E-state index contributed by atoms with van der Waals surface area (Å²) in [6.45, 7) is 0. The highest BCUT2D eigenvalue weighted by atomic mass is 19.1. The van der Waals surface area contributed by atoms with Crippen LogP contribution < -0.4 is 0 Å². The number of rotatable bonds is 2. The number of phenols is 2. The summed E-state index contributed by atoms with van der Waals surface area (Å²) in [7, 11) is 0. The van der Waals surface area contributed by atoms with Gasteiger partial charge in [-0.05, 0) is 41.0 Å². The number of halogens is 2. The van der Waals surface area contributed by atoms with Crippen LogP contribution >= 0.6 is 0 Å². The second-order valence-corrected chi connectivity index (χ2v) is 5.93. The van der Waals surface area contributed by atoms with Crippen molar-refractivity contribution in [2.24, 2.45) is 0 Å². The molecule has 1 aliphatic rings. The fourth-order valence-corrected chi connectivity index (χ4v) is 3.24. The van der Waals surface area contributed by atoms with E-state index < -0.39 is 17.4 Å². The Balaban J connectivity index is 2.03. The average molecular weight is 351 g/mol. The summed E-state index contributed by atoms with van der Waals surface area (Å²) < 4.78 is 33.7. The first-order chi connectivity index (χ1) is 12.5. The van der Waals surface area contributed by atoms with Crippen molar-refractivity contribution in [2.45, 2.75) is 6.42 Å². The van der Waals surface area contributed by atoms with Gasteiger partial charge >= 0.3 is 0 Å². The number of hydrogen-bond acceptors (Lipinski definition) is 4. The van der Waals surface area contributed by atoms with Crippen molar-refractivity contribution in [1.82, 2.24) is 0 Å². The van der Waals surface area contributed by atoms with Crippen LogP contribution in [0.1, 0.15) is 28.0 Å². The summed E-state index contributed by atoms with van der Waals surface area (Å²) in [5.74, 6) is -1.95. The van der Waals surface area contributed by atoms with Crippen LogP contribution in [0.5, 0.6) is 11.5 Å². The van der Waals surface area contributed by atoms with Crippen LogP contribution in [0, 0.1) is 23.0 Å². The van der Waals surface area contributed by atoms with Gasteiger partial charge in [0.1, 0.15) is 17.6 Å². The topological polar surface area (TPSA) is 77.4 Å². The van der Waals surface area contributed by atoms with Gasteiger partial charge in [0.05, 0.1) is 11.8 Å². The van der Waals surface area contributed by atoms with Crippen molar-refractivity contribution in [3.63, 3.8) is 0 Å². The van der Waals surface area contributed by atoms with Crippen molar-refractivity contribution in [1.29, 1.82) is 5.26 Å². The number of nitriles is 1. The molecular formula is C20H11F2NO3. The van der Waals surface area contributed by atoms with Crippen LogP contribution in [-0.4, -0.2) is 10.2 Å². The Bertz CT molecular complexity index is 1120. The highest BCUT2D eigenvalue weighted by Gasteiger charge is 2.30. The summed E-state index contributed by atoms with van der Waals surface area (Å²) in [6, 6.07) is 9.74. The van der Waals surface area contributed by atoms with Crippen molar-refractivity contribution in [2.75, 3.05) is 0 Å². The molecule has 4 nitrogen and oxygen atoms in total. The number of fused-ring (bicyclic) bond motifs is 1. The van der Waals surface area contributed by atoms with Crippen LogP contribution in [0.2, 0.25) is 0 Å². The molecule has 0 saturated carbocycles. The van der Waals surface area contributed by atoms with E-state index in [9.17, 15) is 24.3 Å². The van der Waals surface area contributed by atoms with Crippen LogP contribution in [0.3, 0.4) is 0 Å². The highest BCUT2D eigenvalue weighted by Crippen LogP contribution is 2.45. The van der Waals surface area contributed by atoms with Crippen molar-refractivity contribution in [3.05, 3.63) is 82.3 Å².